The predicted molar refractivity (Wildman–Crippen MR) is 199 cm³/mol. The molecule has 2 aliphatic heterocycles. The SMILES string of the molecule is COc1cc(N)c(Cl)cc1C(=O)OCCN1CCC(C(=O)NCCCCCC(=O)NC2CCN(CCOC(=O)c3cc(Cl)c(N)cc3O)CC2)CC1. The molecule has 0 aliphatic carbocycles. The Labute approximate surface area is 314 Å². The molecule has 0 aromatic heterocycles. The number of likely N-dealkylation sites (tertiary alicyclic amines) is 2. The summed E-state index contributed by atoms with van der Waals surface area (Å²) in [5, 5.41) is 16.5. The van der Waals surface area contributed by atoms with Gasteiger partial charge in [-0.2, -0.15) is 0 Å². The summed E-state index contributed by atoms with van der Waals surface area (Å²) in [5.74, 6) is -1.12. The zero-order chi connectivity index (χ0) is 37.6. The maximum Gasteiger partial charge on any atom is 0.342 e. The lowest BCUT2D eigenvalue weighted by atomic mass is 9.96. The number of nitrogens with zero attached hydrogens (tertiary/aromatic N) is 2. The number of anilines is 2. The summed E-state index contributed by atoms with van der Waals surface area (Å²) in [6.07, 6.45) is 5.93. The van der Waals surface area contributed by atoms with E-state index in [-0.39, 0.29) is 69.6 Å². The van der Waals surface area contributed by atoms with Crippen molar-refractivity contribution in [3.05, 3.63) is 45.4 Å². The van der Waals surface area contributed by atoms with Crippen molar-refractivity contribution in [3.8, 4) is 11.5 Å². The number of nitrogen functional groups attached to an aromatic ring is 2. The van der Waals surface area contributed by atoms with Crippen molar-refractivity contribution >= 4 is 58.3 Å². The van der Waals surface area contributed by atoms with Gasteiger partial charge in [-0.3, -0.25) is 19.4 Å². The zero-order valence-corrected chi connectivity index (χ0v) is 31.1. The van der Waals surface area contributed by atoms with Crippen LogP contribution >= 0.6 is 23.2 Å². The van der Waals surface area contributed by atoms with Crippen LogP contribution in [-0.2, 0) is 19.1 Å². The van der Waals surface area contributed by atoms with Gasteiger partial charge in [0.15, 0.2) is 0 Å². The van der Waals surface area contributed by atoms with Gasteiger partial charge in [0.1, 0.15) is 35.8 Å². The van der Waals surface area contributed by atoms with Gasteiger partial charge in [0.05, 0.1) is 28.5 Å². The molecule has 2 aromatic carbocycles. The van der Waals surface area contributed by atoms with Crippen LogP contribution in [0.4, 0.5) is 11.4 Å². The summed E-state index contributed by atoms with van der Waals surface area (Å²) in [6, 6.07) is 5.56. The maximum absolute atomic E-state index is 12.7. The van der Waals surface area contributed by atoms with Crippen molar-refractivity contribution in [2.45, 2.75) is 57.4 Å². The Morgan fingerprint density at radius 2 is 1.37 bits per heavy atom. The third-order valence-corrected chi connectivity index (χ3v) is 10.1. The lowest BCUT2D eigenvalue weighted by molar-refractivity contribution is -0.126. The quantitative estimate of drug-likeness (QED) is 0.0887. The first-order valence-corrected chi connectivity index (χ1v) is 18.5. The molecule has 14 nitrogen and oxygen atoms in total. The third-order valence-electron chi connectivity index (χ3n) is 9.45. The van der Waals surface area contributed by atoms with Crippen LogP contribution in [0.3, 0.4) is 0 Å². The number of benzene rings is 2. The topological polar surface area (TPSA) is 199 Å². The van der Waals surface area contributed by atoms with Gasteiger partial charge in [-0.15, -0.1) is 0 Å². The second-order valence-corrected chi connectivity index (χ2v) is 14.0. The minimum absolute atomic E-state index is 0.0286. The molecule has 2 aliphatic rings. The van der Waals surface area contributed by atoms with Gasteiger partial charge in [-0.25, -0.2) is 9.59 Å². The lowest BCUT2D eigenvalue weighted by Gasteiger charge is -2.32. The molecule has 0 saturated carbocycles. The molecule has 16 heteroatoms. The molecule has 7 N–H and O–H groups in total. The summed E-state index contributed by atoms with van der Waals surface area (Å²) < 4.78 is 16.0. The first-order valence-electron chi connectivity index (χ1n) is 17.7. The van der Waals surface area contributed by atoms with Gasteiger partial charge in [0.25, 0.3) is 0 Å². The molecule has 2 amide bonds. The molecular weight excluding hydrogens is 715 g/mol. The van der Waals surface area contributed by atoms with Crippen LogP contribution in [-0.4, -0.2) is 111 Å². The van der Waals surface area contributed by atoms with Crippen LogP contribution in [0.15, 0.2) is 24.3 Å². The zero-order valence-electron chi connectivity index (χ0n) is 29.6. The van der Waals surface area contributed by atoms with E-state index < -0.39 is 11.9 Å². The van der Waals surface area contributed by atoms with Crippen molar-refractivity contribution in [2.75, 3.05) is 77.6 Å². The molecule has 0 bridgehead atoms. The average molecular weight is 766 g/mol. The fourth-order valence-corrected chi connectivity index (χ4v) is 6.62. The number of nitrogens with two attached hydrogens (primary N) is 2. The van der Waals surface area contributed by atoms with Crippen LogP contribution in [0.1, 0.15) is 72.1 Å². The summed E-state index contributed by atoms with van der Waals surface area (Å²) >= 11 is 12.0. The largest absolute Gasteiger partial charge is 0.507 e. The number of nitrogens with one attached hydrogen (secondary N) is 2. The predicted octanol–water partition coefficient (Wildman–Crippen LogP) is 3.86. The van der Waals surface area contributed by atoms with E-state index in [1.54, 1.807) is 0 Å². The van der Waals surface area contributed by atoms with Crippen LogP contribution in [0.5, 0.6) is 11.5 Å². The Morgan fingerprint density at radius 3 is 1.98 bits per heavy atom. The monoisotopic (exact) mass is 764 g/mol. The molecule has 286 valence electrons. The molecule has 2 aromatic rings. The second-order valence-electron chi connectivity index (χ2n) is 13.1. The van der Waals surface area contributed by atoms with Gasteiger partial charge in [-0.05, 0) is 63.7 Å². The van der Waals surface area contributed by atoms with Crippen LogP contribution in [0, 0.1) is 5.92 Å². The molecule has 2 saturated heterocycles. The number of phenolic OH excluding ortho intramolecular Hbond substituents is 1. The number of methoxy groups -OCH3 is 1. The average Bonchev–Trinajstić information content (AvgIpc) is 3.13. The Balaban J connectivity index is 0.987. The molecule has 0 spiro atoms. The lowest BCUT2D eigenvalue weighted by Crippen LogP contribution is -2.45. The molecule has 0 atom stereocenters. The number of carbonyl (C=O) groups excluding carboxylic acids is 4. The van der Waals surface area contributed by atoms with Crippen LogP contribution in [0.2, 0.25) is 10.0 Å². The number of carbonyl (C=O) groups is 4. The Bertz CT molecular complexity index is 1550. The molecule has 52 heavy (non-hydrogen) atoms. The number of piperidine rings is 2. The highest BCUT2D eigenvalue weighted by Gasteiger charge is 2.26. The molecule has 0 unspecified atom stereocenters. The van der Waals surface area contributed by atoms with Crippen molar-refractivity contribution in [1.82, 2.24) is 20.4 Å². The number of halogens is 2. The number of ether oxygens (including phenoxy) is 3. The van der Waals surface area contributed by atoms with Gasteiger partial charge in [-0.1, -0.05) is 29.6 Å². The first kappa shape index (κ1) is 40.8. The van der Waals surface area contributed by atoms with Gasteiger partial charge in [0, 0.05) is 63.2 Å². The summed E-state index contributed by atoms with van der Waals surface area (Å²) in [7, 11) is 1.44. The third kappa shape index (κ3) is 12.3. The fraction of sp³-hybridized carbons (Fsp3) is 0.556. The van der Waals surface area contributed by atoms with E-state index in [2.05, 4.69) is 20.4 Å². The number of unbranched alkanes of at least 4 members (excludes halogenated alkanes) is 2. The molecule has 2 heterocycles. The highest BCUT2D eigenvalue weighted by Crippen LogP contribution is 2.30. The number of amides is 2. The number of hydrogen-bond donors (Lipinski definition) is 5. The van der Waals surface area contributed by atoms with E-state index in [1.807, 2.05) is 0 Å². The molecule has 0 radical (unpaired) electrons. The van der Waals surface area contributed by atoms with E-state index in [1.165, 1.54) is 31.4 Å². The van der Waals surface area contributed by atoms with Crippen LogP contribution in [0.25, 0.3) is 0 Å². The van der Waals surface area contributed by atoms with Crippen LogP contribution < -0.4 is 26.8 Å². The Morgan fingerprint density at radius 1 is 0.808 bits per heavy atom. The van der Waals surface area contributed by atoms with Crippen molar-refractivity contribution in [2.24, 2.45) is 5.92 Å². The highest BCUT2D eigenvalue weighted by atomic mass is 35.5. The summed E-state index contributed by atoms with van der Waals surface area (Å²) in [6.45, 7) is 5.08. The Hall–Kier alpha value is -3.98. The first-order chi connectivity index (χ1) is 24.9. The maximum atomic E-state index is 12.7. The van der Waals surface area contributed by atoms with E-state index >= 15 is 0 Å². The van der Waals surface area contributed by atoms with Crippen molar-refractivity contribution in [1.29, 1.82) is 0 Å². The molecule has 4 rings (SSSR count). The molecule has 2 fully saturated rings. The molecular formula is C36H50Cl2N6O8. The minimum Gasteiger partial charge on any atom is -0.507 e. The van der Waals surface area contributed by atoms with E-state index in [0.29, 0.717) is 37.5 Å². The van der Waals surface area contributed by atoms with Gasteiger partial charge in [0.2, 0.25) is 11.8 Å². The van der Waals surface area contributed by atoms with Gasteiger partial charge >= 0.3 is 11.9 Å². The Kier molecular flexibility index (Phi) is 15.9. The van der Waals surface area contributed by atoms with E-state index in [0.717, 1.165) is 71.1 Å². The second kappa shape index (κ2) is 20.3. The number of esters is 2. The minimum atomic E-state index is -0.666. The number of phenols is 1. The number of aromatic hydroxyl groups is 1. The summed E-state index contributed by atoms with van der Waals surface area (Å²) in [5.41, 5.74) is 12.1. The van der Waals surface area contributed by atoms with E-state index in [9.17, 15) is 24.3 Å². The standard InChI is InChI=1S/C36H50Cl2N6O8/c1-50-32-22-30(40)28(38)20-26(32)36(49)52-18-15-43-11-6-23(7-12-43)34(47)41-10-4-2-3-5-33(46)42-24-8-13-44(14-9-24)16-17-51-35(48)25-19-27(37)29(39)21-31(25)45/h19-24,45H,2-18,39-40H2,1H3,(H,41,47)(H,42,46). The summed E-state index contributed by atoms with van der Waals surface area (Å²) in [4.78, 5) is 54.4. The van der Waals surface area contributed by atoms with E-state index in [4.69, 9.17) is 48.9 Å². The van der Waals surface area contributed by atoms with Gasteiger partial charge < -0.3 is 41.4 Å². The number of hydrogen-bond acceptors (Lipinski definition) is 12. The van der Waals surface area contributed by atoms with Crippen molar-refractivity contribution in [3.63, 3.8) is 0 Å². The normalized spacial score (nSPS) is 15.9. The smallest absolute Gasteiger partial charge is 0.342 e. The van der Waals surface area contributed by atoms with Crippen molar-refractivity contribution < 1.29 is 38.5 Å². The fourth-order valence-electron chi connectivity index (χ4n) is 6.29. The highest BCUT2D eigenvalue weighted by molar-refractivity contribution is 6.34. The number of rotatable bonds is 17.